The van der Waals surface area contributed by atoms with Gasteiger partial charge in [-0.1, -0.05) is 48.5 Å². The molecular formula is C20H21N3O2S2. The van der Waals surface area contributed by atoms with Crippen LogP contribution in [0, 0.1) is 6.92 Å². The van der Waals surface area contributed by atoms with Crippen LogP contribution in [-0.2, 0) is 6.42 Å². The summed E-state index contributed by atoms with van der Waals surface area (Å²) in [5, 5.41) is 1.05. The number of thioether (sulfide) groups is 1. The van der Waals surface area contributed by atoms with Crippen LogP contribution in [0.4, 0.5) is 0 Å². The van der Waals surface area contributed by atoms with Crippen LogP contribution in [0.1, 0.15) is 52.0 Å². The van der Waals surface area contributed by atoms with Gasteiger partial charge in [0.15, 0.2) is 10.9 Å². The first kappa shape index (κ1) is 18.3. The number of hydrogen-bond acceptors (Lipinski definition) is 6. The Labute approximate surface area is 165 Å². The summed E-state index contributed by atoms with van der Waals surface area (Å²) >= 11 is 2.81. The monoisotopic (exact) mass is 399 g/mol. The molecule has 0 amide bonds. The predicted molar refractivity (Wildman–Crippen MR) is 112 cm³/mol. The minimum Gasteiger partial charge on any atom is -0.334 e. The molecule has 27 heavy (non-hydrogen) atoms. The van der Waals surface area contributed by atoms with E-state index in [2.05, 4.69) is 11.9 Å². The highest BCUT2D eigenvalue weighted by molar-refractivity contribution is 7.99. The molecule has 0 saturated carbocycles. The highest BCUT2D eigenvalue weighted by Gasteiger charge is 2.26. The van der Waals surface area contributed by atoms with Crippen LogP contribution in [0.15, 0.2) is 34.2 Å². The molecule has 3 aromatic rings. The van der Waals surface area contributed by atoms with Crippen molar-refractivity contribution in [3.05, 3.63) is 56.2 Å². The second-order valence-corrected chi connectivity index (χ2v) is 9.09. The highest BCUT2D eigenvalue weighted by Crippen LogP contribution is 2.40. The Balaban J connectivity index is 1.65. The molecule has 2 aromatic heterocycles. The standard InChI is InChI=1S/C20H21N3O2S2/c1-11-6-8-13(9-7-11)14(24)10-26-20-22-18-17(19(25)23(20)21)16-12(2)4-3-5-15(16)27-18/h6-9,12H,3-5,10,21H2,1-2H3/t12-/m0/s1. The topological polar surface area (TPSA) is 78.0 Å². The number of fused-ring (bicyclic) bond motifs is 3. The molecule has 1 atom stereocenters. The maximum absolute atomic E-state index is 12.9. The number of aryl methyl sites for hydroxylation is 2. The van der Waals surface area contributed by atoms with Crippen molar-refractivity contribution in [3.8, 4) is 0 Å². The molecule has 0 saturated heterocycles. The van der Waals surface area contributed by atoms with Gasteiger partial charge in [0, 0.05) is 10.4 Å². The first-order valence-electron chi connectivity index (χ1n) is 9.01. The zero-order valence-corrected chi connectivity index (χ0v) is 17.0. The summed E-state index contributed by atoms with van der Waals surface area (Å²) in [5.74, 6) is 6.59. The highest BCUT2D eigenvalue weighted by atomic mass is 32.2. The molecule has 4 rings (SSSR count). The minimum absolute atomic E-state index is 0.00607. The number of carbonyl (C=O) groups excluding carboxylic acids is 1. The molecule has 0 unspecified atom stereocenters. The van der Waals surface area contributed by atoms with Crippen LogP contribution >= 0.6 is 23.1 Å². The summed E-state index contributed by atoms with van der Waals surface area (Å²) in [7, 11) is 0. The maximum Gasteiger partial charge on any atom is 0.281 e. The normalized spacial score (nSPS) is 16.4. The zero-order valence-electron chi connectivity index (χ0n) is 15.3. The molecule has 7 heteroatoms. The van der Waals surface area contributed by atoms with E-state index < -0.39 is 0 Å². The van der Waals surface area contributed by atoms with Gasteiger partial charge in [0.1, 0.15) is 4.83 Å². The molecule has 1 aromatic carbocycles. The van der Waals surface area contributed by atoms with Gasteiger partial charge in [-0.15, -0.1) is 11.3 Å². The van der Waals surface area contributed by atoms with E-state index in [9.17, 15) is 9.59 Å². The summed E-state index contributed by atoms with van der Waals surface area (Å²) in [6.07, 6.45) is 3.23. The zero-order chi connectivity index (χ0) is 19.1. The molecular weight excluding hydrogens is 378 g/mol. The summed E-state index contributed by atoms with van der Waals surface area (Å²) in [6, 6.07) is 7.47. The van der Waals surface area contributed by atoms with Gasteiger partial charge in [-0.3, -0.25) is 9.59 Å². The summed E-state index contributed by atoms with van der Waals surface area (Å²) in [4.78, 5) is 31.9. The van der Waals surface area contributed by atoms with Crippen LogP contribution < -0.4 is 11.4 Å². The van der Waals surface area contributed by atoms with Gasteiger partial charge in [0.2, 0.25) is 0 Å². The Bertz CT molecular complexity index is 1080. The molecule has 140 valence electrons. The van der Waals surface area contributed by atoms with Gasteiger partial charge in [-0.25, -0.2) is 9.66 Å². The third-order valence-corrected chi connectivity index (χ3v) is 7.19. The molecule has 2 heterocycles. The number of thiophene rings is 1. The minimum atomic E-state index is -0.212. The lowest BCUT2D eigenvalue weighted by molar-refractivity contribution is 0.102. The van der Waals surface area contributed by atoms with E-state index in [1.807, 2.05) is 31.2 Å². The first-order valence-corrected chi connectivity index (χ1v) is 10.8. The van der Waals surface area contributed by atoms with Gasteiger partial charge in [-0.2, -0.15) is 0 Å². The first-order chi connectivity index (χ1) is 13.0. The lowest BCUT2D eigenvalue weighted by atomic mass is 9.88. The molecule has 2 N–H and O–H groups in total. The van der Waals surface area contributed by atoms with Crippen molar-refractivity contribution in [2.45, 2.75) is 44.2 Å². The average Bonchev–Trinajstić information content (AvgIpc) is 3.03. The number of aromatic nitrogens is 2. The van der Waals surface area contributed by atoms with Gasteiger partial charge in [0.05, 0.1) is 11.1 Å². The van der Waals surface area contributed by atoms with Gasteiger partial charge >= 0.3 is 0 Å². The Morgan fingerprint density at radius 1 is 1.37 bits per heavy atom. The van der Waals surface area contributed by atoms with Crippen molar-refractivity contribution in [1.29, 1.82) is 0 Å². The van der Waals surface area contributed by atoms with E-state index in [-0.39, 0.29) is 17.1 Å². The fourth-order valence-corrected chi connectivity index (χ4v) is 5.77. The second-order valence-electron chi connectivity index (χ2n) is 7.06. The molecule has 0 bridgehead atoms. The van der Waals surface area contributed by atoms with Crippen molar-refractivity contribution in [2.75, 3.05) is 11.6 Å². The fourth-order valence-electron chi connectivity index (χ4n) is 3.59. The quantitative estimate of drug-likeness (QED) is 0.312. The SMILES string of the molecule is Cc1ccc(C(=O)CSc2nc3sc4c(c3c(=O)n2N)[C@@H](C)CCC4)cc1. The Kier molecular flexibility index (Phi) is 4.82. The number of nitrogens with zero attached hydrogens (tertiary/aromatic N) is 2. The van der Waals surface area contributed by atoms with E-state index in [1.165, 1.54) is 16.6 Å². The van der Waals surface area contributed by atoms with Gasteiger partial charge in [-0.05, 0) is 37.7 Å². The summed E-state index contributed by atoms with van der Waals surface area (Å²) in [5.41, 5.74) is 2.68. The largest absolute Gasteiger partial charge is 0.334 e. The number of benzene rings is 1. The van der Waals surface area contributed by atoms with Crippen LogP contribution in [0.3, 0.4) is 0 Å². The molecule has 1 aliphatic rings. The van der Waals surface area contributed by atoms with Gasteiger partial charge in [0.25, 0.3) is 5.56 Å². The number of ketones is 1. The number of hydrogen-bond donors (Lipinski definition) is 1. The maximum atomic E-state index is 12.9. The van der Waals surface area contributed by atoms with E-state index in [0.29, 0.717) is 22.0 Å². The predicted octanol–water partition coefficient (Wildman–Crippen LogP) is 3.90. The van der Waals surface area contributed by atoms with Crippen molar-refractivity contribution >= 4 is 39.1 Å². The van der Waals surface area contributed by atoms with Crippen LogP contribution in [0.25, 0.3) is 10.2 Å². The number of Topliss-reactive ketones (excluding diaryl/α,β-unsaturated/α-hetero) is 1. The van der Waals surface area contributed by atoms with Crippen LogP contribution in [0.2, 0.25) is 0 Å². The van der Waals surface area contributed by atoms with Crippen molar-refractivity contribution in [2.24, 2.45) is 0 Å². The molecule has 0 spiro atoms. The number of nitrogen functional groups attached to an aromatic ring is 1. The van der Waals surface area contributed by atoms with Crippen molar-refractivity contribution in [1.82, 2.24) is 9.66 Å². The molecule has 5 nitrogen and oxygen atoms in total. The number of rotatable bonds is 4. The van der Waals surface area contributed by atoms with E-state index in [1.54, 1.807) is 11.3 Å². The summed E-state index contributed by atoms with van der Waals surface area (Å²) < 4.78 is 1.10. The second kappa shape index (κ2) is 7.13. The van der Waals surface area contributed by atoms with E-state index >= 15 is 0 Å². The van der Waals surface area contributed by atoms with Crippen LogP contribution in [-0.4, -0.2) is 21.2 Å². The van der Waals surface area contributed by atoms with Crippen LogP contribution in [0.5, 0.6) is 0 Å². The molecule has 0 aliphatic heterocycles. The molecule has 0 radical (unpaired) electrons. The molecule has 1 aliphatic carbocycles. The fraction of sp³-hybridized carbons (Fsp3) is 0.350. The Morgan fingerprint density at radius 2 is 2.11 bits per heavy atom. The van der Waals surface area contributed by atoms with Gasteiger partial charge < -0.3 is 5.84 Å². The average molecular weight is 400 g/mol. The number of nitrogens with two attached hydrogens (primary N) is 1. The lowest BCUT2D eigenvalue weighted by Gasteiger charge is -2.18. The number of carbonyl (C=O) groups is 1. The smallest absolute Gasteiger partial charge is 0.281 e. The third-order valence-electron chi connectivity index (χ3n) is 5.08. The lowest BCUT2D eigenvalue weighted by Crippen LogP contribution is -2.30. The summed E-state index contributed by atoms with van der Waals surface area (Å²) in [6.45, 7) is 4.14. The Hall–Kier alpha value is -2.12. The van der Waals surface area contributed by atoms with E-state index in [0.717, 1.165) is 39.9 Å². The van der Waals surface area contributed by atoms with Crippen molar-refractivity contribution < 1.29 is 4.79 Å². The van der Waals surface area contributed by atoms with E-state index in [4.69, 9.17) is 5.84 Å². The Morgan fingerprint density at radius 3 is 2.85 bits per heavy atom. The molecule has 0 fully saturated rings. The van der Waals surface area contributed by atoms with Crippen molar-refractivity contribution in [3.63, 3.8) is 0 Å². The third kappa shape index (κ3) is 3.30.